The summed E-state index contributed by atoms with van der Waals surface area (Å²) >= 11 is -0.257. The summed E-state index contributed by atoms with van der Waals surface area (Å²) in [4.78, 5) is 38.9. The monoisotopic (exact) mass is 433 g/mol. The lowest BCUT2D eigenvalue weighted by atomic mass is 10.1. The van der Waals surface area contributed by atoms with Crippen LogP contribution in [0.3, 0.4) is 0 Å². The molecular formula is C19H14F3N5O2S. The Morgan fingerprint density at radius 1 is 1.10 bits per heavy atom. The molecule has 0 radical (unpaired) electrons. The average Bonchev–Trinajstić information content (AvgIpc) is 3.31. The van der Waals surface area contributed by atoms with E-state index in [2.05, 4.69) is 15.0 Å². The van der Waals surface area contributed by atoms with E-state index in [1.54, 1.807) is 30.9 Å². The van der Waals surface area contributed by atoms with Gasteiger partial charge in [0.15, 0.2) is 0 Å². The van der Waals surface area contributed by atoms with Gasteiger partial charge in [-0.3, -0.25) is 9.78 Å². The van der Waals surface area contributed by atoms with Crippen LogP contribution >= 0.6 is 11.8 Å². The van der Waals surface area contributed by atoms with Crippen molar-refractivity contribution in [3.05, 3.63) is 60.7 Å². The first kappa shape index (κ1) is 20.0. The van der Waals surface area contributed by atoms with E-state index in [0.717, 1.165) is 10.5 Å². The third kappa shape index (κ3) is 4.15. The number of aromatic amines is 1. The van der Waals surface area contributed by atoms with E-state index in [1.807, 2.05) is 0 Å². The number of aromatic nitrogens is 3. The average molecular weight is 433 g/mol. The number of benzene rings is 1. The number of H-pyrrole nitrogens is 1. The molecule has 1 aromatic carbocycles. The molecule has 1 fully saturated rings. The van der Waals surface area contributed by atoms with Crippen LogP contribution in [-0.4, -0.2) is 43.8 Å². The molecule has 0 saturated carbocycles. The van der Waals surface area contributed by atoms with Crippen LogP contribution < -0.4 is 4.90 Å². The maximum Gasteiger partial charge on any atom is 0.446 e. The van der Waals surface area contributed by atoms with Gasteiger partial charge in [-0.15, -0.1) is 0 Å². The predicted octanol–water partition coefficient (Wildman–Crippen LogP) is 4.05. The van der Waals surface area contributed by atoms with Gasteiger partial charge in [0.25, 0.3) is 5.91 Å². The third-order valence-electron chi connectivity index (χ3n) is 4.39. The second-order valence-electron chi connectivity index (χ2n) is 6.38. The largest absolute Gasteiger partial charge is 0.446 e. The van der Waals surface area contributed by atoms with Crippen LogP contribution in [0.1, 0.15) is 5.56 Å². The normalized spacial score (nSPS) is 14.6. The summed E-state index contributed by atoms with van der Waals surface area (Å²) in [6, 6.07) is 6.31. The van der Waals surface area contributed by atoms with Crippen molar-refractivity contribution in [1.29, 1.82) is 0 Å². The van der Waals surface area contributed by atoms with Gasteiger partial charge < -0.3 is 9.88 Å². The number of rotatable bonds is 5. The Labute approximate surface area is 172 Å². The molecular weight excluding hydrogens is 419 g/mol. The van der Waals surface area contributed by atoms with Crippen molar-refractivity contribution in [3.63, 3.8) is 0 Å². The Hall–Kier alpha value is -3.34. The summed E-state index contributed by atoms with van der Waals surface area (Å²) in [7, 11) is 0. The van der Waals surface area contributed by atoms with E-state index < -0.39 is 17.4 Å². The molecule has 3 heterocycles. The van der Waals surface area contributed by atoms with Gasteiger partial charge in [-0.2, -0.15) is 13.2 Å². The zero-order valence-electron chi connectivity index (χ0n) is 15.3. The van der Waals surface area contributed by atoms with Gasteiger partial charge in [0, 0.05) is 41.8 Å². The van der Waals surface area contributed by atoms with E-state index in [9.17, 15) is 22.8 Å². The number of alkyl halides is 3. The number of anilines is 1. The number of amides is 3. The van der Waals surface area contributed by atoms with Gasteiger partial charge in [0.1, 0.15) is 12.4 Å². The van der Waals surface area contributed by atoms with Crippen molar-refractivity contribution in [2.75, 3.05) is 11.4 Å². The highest BCUT2D eigenvalue weighted by atomic mass is 32.2. The first-order chi connectivity index (χ1) is 14.3. The maximum absolute atomic E-state index is 12.8. The van der Waals surface area contributed by atoms with E-state index in [4.69, 9.17) is 0 Å². The lowest BCUT2D eigenvalue weighted by Gasteiger charge is -2.18. The van der Waals surface area contributed by atoms with Crippen LogP contribution in [0.2, 0.25) is 0 Å². The molecule has 3 amide bonds. The van der Waals surface area contributed by atoms with Gasteiger partial charge in [-0.05, 0) is 47.7 Å². The van der Waals surface area contributed by atoms with Gasteiger partial charge in [0.2, 0.25) is 0 Å². The van der Waals surface area contributed by atoms with Crippen molar-refractivity contribution < 1.29 is 22.8 Å². The van der Waals surface area contributed by atoms with Crippen molar-refractivity contribution in [2.24, 2.45) is 0 Å². The number of hydrogen-bond acceptors (Lipinski definition) is 5. The molecule has 3 aromatic rings. The minimum atomic E-state index is -4.41. The standard InChI is InChI=1S/C19H14F3N5O2S/c20-19(21,22)30-14-3-1-13(2-4-14)27-16(28)11-26(18(27)29)10-12-5-6-23-9-15(12)17-24-7-8-25-17/h1-9H,10-11H2,(H,24,25). The van der Waals surface area contributed by atoms with Crippen LogP contribution in [-0.2, 0) is 11.3 Å². The number of urea groups is 1. The van der Waals surface area contributed by atoms with Crippen LogP contribution in [0.15, 0.2) is 60.0 Å². The van der Waals surface area contributed by atoms with Crippen molar-refractivity contribution in [1.82, 2.24) is 19.9 Å². The lowest BCUT2D eigenvalue weighted by molar-refractivity contribution is -0.116. The Morgan fingerprint density at radius 3 is 2.53 bits per heavy atom. The molecule has 1 aliphatic heterocycles. The van der Waals surface area contributed by atoms with Crippen LogP contribution in [0.5, 0.6) is 0 Å². The molecule has 0 atom stereocenters. The van der Waals surface area contributed by atoms with Gasteiger partial charge in [0.05, 0.1) is 5.69 Å². The number of hydrogen-bond donors (Lipinski definition) is 1. The lowest BCUT2D eigenvalue weighted by Crippen LogP contribution is -2.32. The molecule has 11 heteroatoms. The molecule has 1 saturated heterocycles. The fourth-order valence-corrected chi connectivity index (χ4v) is 3.66. The Balaban J connectivity index is 1.53. The summed E-state index contributed by atoms with van der Waals surface area (Å²) in [6.45, 7) is 0.0133. The Kier molecular flexibility index (Phi) is 5.20. The van der Waals surface area contributed by atoms with Crippen LogP contribution in [0, 0.1) is 0 Å². The topological polar surface area (TPSA) is 82.2 Å². The molecule has 4 rings (SSSR count). The molecule has 1 N–H and O–H groups in total. The fourth-order valence-electron chi connectivity index (χ4n) is 3.12. The maximum atomic E-state index is 12.8. The first-order valence-electron chi connectivity index (χ1n) is 8.72. The van der Waals surface area contributed by atoms with E-state index in [0.29, 0.717) is 11.4 Å². The van der Waals surface area contributed by atoms with Crippen molar-refractivity contribution in [3.8, 4) is 11.4 Å². The highest BCUT2D eigenvalue weighted by Gasteiger charge is 2.37. The van der Waals surface area contributed by atoms with Gasteiger partial charge >= 0.3 is 11.5 Å². The fraction of sp³-hybridized carbons (Fsp3) is 0.158. The predicted molar refractivity (Wildman–Crippen MR) is 103 cm³/mol. The van der Waals surface area contributed by atoms with E-state index in [1.165, 1.54) is 29.2 Å². The molecule has 30 heavy (non-hydrogen) atoms. The highest BCUT2D eigenvalue weighted by Crippen LogP contribution is 2.37. The first-order valence-corrected chi connectivity index (χ1v) is 9.54. The zero-order chi connectivity index (χ0) is 21.3. The Bertz CT molecular complexity index is 1070. The van der Waals surface area contributed by atoms with Crippen LogP contribution in [0.25, 0.3) is 11.4 Å². The number of halogens is 3. The summed E-state index contributed by atoms with van der Waals surface area (Å²) in [6.07, 6.45) is 6.46. The Morgan fingerprint density at radius 2 is 1.87 bits per heavy atom. The second-order valence-corrected chi connectivity index (χ2v) is 7.52. The molecule has 154 valence electrons. The number of nitrogens with one attached hydrogen (secondary N) is 1. The molecule has 7 nitrogen and oxygen atoms in total. The molecule has 2 aromatic heterocycles. The van der Waals surface area contributed by atoms with Crippen LogP contribution in [0.4, 0.5) is 23.7 Å². The second kappa shape index (κ2) is 7.82. The number of carbonyl (C=O) groups excluding carboxylic acids is 2. The van der Waals surface area contributed by atoms with E-state index >= 15 is 0 Å². The SMILES string of the molecule is O=C1CN(Cc2ccncc2-c2ncc[nH]2)C(=O)N1c1ccc(SC(F)(F)F)cc1. The number of imide groups is 1. The summed E-state index contributed by atoms with van der Waals surface area (Å²) in [5, 5.41) is 0. The zero-order valence-corrected chi connectivity index (χ0v) is 16.1. The highest BCUT2D eigenvalue weighted by molar-refractivity contribution is 8.00. The molecule has 0 spiro atoms. The smallest absolute Gasteiger partial charge is 0.345 e. The van der Waals surface area contributed by atoms with E-state index in [-0.39, 0.29) is 35.4 Å². The van der Waals surface area contributed by atoms with Crippen molar-refractivity contribution in [2.45, 2.75) is 16.9 Å². The van der Waals surface area contributed by atoms with Gasteiger partial charge in [-0.1, -0.05) is 0 Å². The molecule has 1 aliphatic rings. The summed E-state index contributed by atoms with van der Waals surface area (Å²) in [5.41, 5.74) is -2.73. The number of imidazole rings is 1. The minimum Gasteiger partial charge on any atom is -0.345 e. The molecule has 0 aliphatic carbocycles. The molecule has 0 unspecified atom stereocenters. The summed E-state index contributed by atoms with van der Waals surface area (Å²) < 4.78 is 37.5. The number of carbonyl (C=O) groups is 2. The molecule has 0 bridgehead atoms. The number of thioether (sulfide) groups is 1. The number of nitrogens with zero attached hydrogens (tertiary/aromatic N) is 4. The van der Waals surface area contributed by atoms with Crippen molar-refractivity contribution >= 4 is 29.4 Å². The van der Waals surface area contributed by atoms with Gasteiger partial charge in [-0.25, -0.2) is 14.7 Å². The minimum absolute atomic E-state index is 0.0259. The third-order valence-corrected chi connectivity index (χ3v) is 5.13. The summed E-state index contributed by atoms with van der Waals surface area (Å²) in [5.74, 6) is 0.135. The quantitative estimate of drug-likeness (QED) is 0.485. The number of pyridine rings is 1.